The van der Waals surface area contributed by atoms with Crippen LogP contribution in [0.1, 0.15) is 38.7 Å². The minimum absolute atomic E-state index is 0.102. The smallest absolute Gasteiger partial charge is 0.314 e. The van der Waals surface area contributed by atoms with Crippen molar-refractivity contribution in [1.29, 1.82) is 0 Å². The Bertz CT molecular complexity index is 497. The van der Waals surface area contributed by atoms with E-state index < -0.39 is 5.41 Å². The summed E-state index contributed by atoms with van der Waals surface area (Å²) in [5, 5.41) is 0. The number of carbonyl (C=O) groups excluding carboxylic acids is 2. The van der Waals surface area contributed by atoms with E-state index in [1.807, 2.05) is 30.3 Å². The highest BCUT2D eigenvalue weighted by Gasteiger charge is 2.47. The summed E-state index contributed by atoms with van der Waals surface area (Å²) in [5.41, 5.74) is 0.181. The van der Waals surface area contributed by atoms with Crippen molar-refractivity contribution in [3.63, 3.8) is 0 Å². The molecule has 0 N–H and O–H groups in total. The molecule has 0 saturated heterocycles. The predicted molar refractivity (Wildman–Crippen MR) is 78.6 cm³/mol. The van der Waals surface area contributed by atoms with Gasteiger partial charge in [-0.3, -0.25) is 9.59 Å². The average Bonchev–Trinajstić information content (AvgIpc) is 2.47. The highest BCUT2D eigenvalue weighted by molar-refractivity contribution is 5.88. The van der Waals surface area contributed by atoms with E-state index in [2.05, 4.69) is 0 Å². The third kappa shape index (κ3) is 3.70. The van der Waals surface area contributed by atoms with Crippen LogP contribution in [0.2, 0.25) is 0 Å². The Morgan fingerprint density at radius 3 is 2.71 bits per heavy atom. The second-order valence-electron chi connectivity index (χ2n) is 5.68. The highest BCUT2D eigenvalue weighted by atomic mass is 16.5. The van der Waals surface area contributed by atoms with E-state index in [0.717, 1.165) is 5.56 Å². The molecule has 2 rings (SSSR count). The zero-order valence-corrected chi connectivity index (χ0v) is 12.6. The molecule has 1 aliphatic rings. The van der Waals surface area contributed by atoms with E-state index in [4.69, 9.17) is 9.47 Å². The zero-order valence-electron chi connectivity index (χ0n) is 12.6. The van der Waals surface area contributed by atoms with Crippen LogP contribution in [0.3, 0.4) is 0 Å². The van der Waals surface area contributed by atoms with Crippen LogP contribution in [0.5, 0.6) is 0 Å². The van der Waals surface area contributed by atoms with Crippen LogP contribution < -0.4 is 0 Å². The monoisotopic (exact) mass is 290 g/mol. The lowest BCUT2D eigenvalue weighted by atomic mass is 9.72. The van der Waals surface area contributed by atoms with E-state index in [9.17, 15) is 9.59 Å². The second-order valence-corrected chi connectivity index (χ2v) is 5.68. The van der Waals surface area contributed by atoms with Crippen molar-refractivity contribution in [2.45, 2.75) is 45.8 Å². The standard InChI is InChI=1S/C17H22O4/c1-3-20-16(19)17(2)11-14(18)9-10-15(17)21-12-13-7-5-4-6-8-13/h4-8,15H,3,9-12H2,1-2H3/t15-,17+/m1/s1. The summed E-state index contributed by atoms with van der Waals surface area (Å²) in [4.78, 5) is 24.0. The van der Waals surface area contributed by atoms with Crippen LogP contribution in [-0.2, 0) is 25.7 Å². The summed E-state index contributed by atoms with van der Waals surface area (Å²) >= 11 is 0. The molecule has 1 aliphatic carbocycles. The molecule has 1 aromatic carbocycles. The van der Waals surface area contributed by atoms with Gasteiger partial charge in [-0.15, -0.1) is 0 Å². The largest absolute Gasteiger partial charge is 0.465 e. The van der Waals surface area contributed by atoms with Crippen molar-refractivity contribution in [2.75, 3.05) is 6.61 Å². The first-order valence-corrected chi connectivity index (χ1v) is 7.40. The number of hydrogen-bond acceptors (Lipinski definition) is 4. The third-order valence-electron chi connectivity index (χ3n) is 4.00. The normalized spacial score (nSPS) is 25.6. The van der Waals surface area contributed by atoms with Gasteiger partial charge in [0.15, 0.2) is 0 Å². The molecule has 0 radical (unpaired) electrons. The molecule has 0 aliphatic heterocycles. The minimum Gasteiger partial charge on any atom is -0.465 e. The van der Waals surface area contributed by atoms with E-state index >= 15 is 0 Å². The van der Waals surface area contributed by atoms with Crippen molar-refractivity contribution in [3.8, 4) is 0 Å². The summed E-state index contributed by atoms with van der Waals surface area (Å²) in [7, 11) is 0. The Labute approximate surface area is 125 Å². The summed E-state index contributed by atoms with van der Waals surface area (Å²) in [6.07, 6.45) is 0.954. The van der Waals surface area contributed by atoms with Gasteiger partial charge in [-0.2, -0.15) is 0 Å². The van der Waals surface area contributed by atoms with Gasteiger partial charge in [-0.1, -0.05) is 30.3 Å². The second kappa shape index (κ2) is 6.85. The van der Waals surface area contributed by atoms with Crippen LogP contribution in [0.25, 0.3) is 0 Å². The van der Waals surface area contributed by atoms with Crippen LogP contribution in [0.15, 0.2) is 30.3 Å². The first-order chi connectivity index (χ1) is 10.1. The fraction of sp³-hybridized carbons (Fsp3) is 0.529. The summed E-state index contributed by atoms with van der Waals surface area (Å²) in [6, 6.07) is 9.82. The lowest BCUT2D eigenvalue weighted by Crippen LogP contribution is -2.47. The van der Waals surface area contributed by atoms with Crippen LogP contribution in [-0.4, -0.2) is 24.5 Å². The van der Waals surface area contributed by atoms with Crippen LogP contribution in [0.4, 0.5) is 0 Å². The summed E-state index contributed by atoms with van der Waals surface area (Å²) < 4.78 is 11.1. The number of rotatable bonds is 5. The molecule has 1 saturated carbocycles. The molecule has 2 atom stereocenters. The molecule has 4 heteroatoms. The molecule has 114 valence electrons. The Morgan fingerprint density at radius 1 is 1.33 bits per heavy atom. The molecule has 21 heavy (non-hydrogen) atoms. The highest BCUT2D eigenvalue weighted by Crippen LogP contribution is 2.38. The van der Waals surface area contributed by atoms with E-state index in [-0.39, 0.29) is 24.3 Å². The molecule has 4 nitrogen and oxygen atoms in total. The van der Waals surface area contributed by atoms with Gasteiger partial charge in [0, 0.05) is 12.8 Å². The summed E-state index contributed by atoms with van der Waals surface area (Å²) in [5.74, 6) is -0.235. The molecule has 0 bridgehead atoms. The van der Waals surface area contributed by atoms with Crippen molar-refractivity contribution in [1.82, 2.24) is 0 Å². The molecule has 1 fully saturated rings. The molecular weight excluding hydrogens is 268 g/mol. The quantitative estimate of drug-likeness (QED) is 0.782. The van der Waals surface area contributed by atoms with Gasteiger partial charge < -0.3 is 9.47 Å². The Morgan fingerprint density at radius 2 is 2.05 bits per heavy atom. The van der Waals surface area contributed by atoms with Gasteiger partial charge >= 0.3 is 5.97 Å². The number of ketones is 1. The minimum atomic E-state index is -0.875. The number of Topliss-reactive ketones (excluding diaryl/α,β-unsaturated/α-hetero) is 1. The van der Waals surface area contributed by atoms with Crippen molar-refractivity contribution < 1.29 is 19.1 Å². The zero-order chi connectivity index (χ0) is 15.3. The van der Waals surface area contributed by atoms with Gasteiger partial charge in [0.25, 0.3) is 0 Å². The molecule has 0 aromatic heterocycles. The fourth-order valence-corrected chi connectivity index (χ4v) is 2.76. The lowest BCUT2D eigenvalue weighted by molar-refractivity contribution is -0.172. The topological polar surface area (TPSA) is 52.6 Å². The number of ether oxygens (including phenoxy) is 2. The summed E-state index contributed by atoms with van der Waals surface area (Å²) in [6.45, 7) is 4.30. The number of esters is 1. The van der Waals surface area contributed by atoms with E-state index in [1.165, 1.54) is 0 Å². The Balaban J connectivity index is 2.07. The lowest BCUT2D eigenvalue weighted by Gasteiger charge is -2.38. The predicted octanol–water partition coefficient (Wildman–Crippen LogP) is 2.89. The average molecular weight is 290 g/mol. The van der Waals surface area contributed by atoms with Gasteiger partial charge in [0.05, 0.1) is 24.7 Å². The SMILES string of the molecule is CCOC(=O)[C@@]1(C)CC(=O)CC[C@H]1OCc1ccccc1. The van der Waals surface area contributed by atoms with Gasteiger partial charge in [0.1, 0.15) is 5.78 Å². The number of carbonyl (C=O) groups is 2. The third-order valence-corrected chi connectivity index (χ3v) is 4.00. The van der Waals surface area contributed by atoms with Crippen LogP contribution in [0, 0.1) is 5.41 Å². The van der Waals surface area contributed by atoms with Crippen LogP contribution >= 0.6 is 0 Å². The van der Waals surface area contributed by atoms with Crippen molar-refractivity contribution in [3.05, 3.63) is 35.9 Å². The van der Waals surface area contributed by atoms with E-state index in [0.29, 0.717) is 26.1 Å². The molecule has 0 heterocycles. The van der Waals surface area contributed by atoms with Gasteiger partial charge in [0.2, 0.25) is 0 Å². The fourth-order valence-electron chi connectivity index (χ4n) is 2.76. The maximum atomic E-state index is 12.2. The molecule has 0 amide bonds. The van der Waals surface area contributed by atoms with E-state index in [1.54, 1.807) is 13.8 Å². The first-order valence-electron chi connectivity index (χ1n) is 7.40. The van der Waals surface area contributed by atoms with Crippen molar-refractivity contribution >= 4 is 11.8 Å². The molecule has 1 aromatic rings. The van der Waals surface area contributed by atoms with Gasteiger partial charge in [-0.05, 0) is 25.8 Å². The molecular formula is C17H22O4. The van der Waals surface area contributed by atoms with Gasteiger partial charge in [-0.25, -0.2) is 0 Å². The molecule has 0 spiro atoms. The number of benzene rings is 1. The molecule has 0 unspecified atom stereocenters. The maximum Gasteiger partial charge on any atom is 0.314 e. The maximum absolute atomic E-state index is 12.2. The first kappa shape index (κ1) is 15.7. The Hall–Kier alpha value is -1.68. The Kier molecular flexibility index (Phi) is 5.12. The number of hydrogen-bond donors (Lipinski definition) is 0. The van der Waals surface area contributed by atoms with Crippen molar-refractivity contribution in [2.24, 2.45) is 5.41 Å².